The van der Waals surface area contributed by atoms with Crippen LogP contribution in [0.3, 0.4) is 0 Å². The maximum atomic E-state index is 8.53. The maximum Gasteiger partial charge on any atom is 0.174 e. The molecule has 2 aromatic carbocycles. The highest BCUT2D eigenvalue weighted by Gasteiger charge is 2.08. The monoisotopic (exact) mass is 344 g/mol. The zero-order chi connectivity index (χ0) is 15.1. The number of hydrogen-bond donors (Lipinski definition) is 1. The molecule has 2 rings (SSSR count). The van der Waals surface area contributed by atoms with E-state index in [-0.39, 0.29) is 12.6 Å². The highest BCUT2D eigenvalue weighted by atomic mass is 79.9. The molecule has 0 aliphatic carbocycles. The standard InChI is InChI=1S/C17H17BrN2O/c1-13(16-7-2-3-8-17(16)18)20-12-14-5-4-6-15(11-14)21-10-9-19/h2-8,11,13,20H,10,12H2,1H3/t13-/m0/s1. The fourth-order valence-electron chi connectivity index (χ4n) is 2.07. The van der Waals surface area contributed by atoms with Crippen LogP contribution in [0.1, 0.15) is 24.1 Å². The molecule has 3 nitrogen and oxygen atoms in total. The summed E-state index contributed by atoms with van der Waals surface area (Å²) in [5, 5.41) is 12.0. The zero-order valence-electron chi connectivity index (χ0n) is 11.8. The first-order chi connectivity index (χ1) is 10.2. The number of rotatable bonds is 6. The quantitative estimate of drug-likeness (QED) is 0.853. The van der Waals surface area contributed by atoms with Crippen molar-refractivity contribution in [3.63, 3.8) is 0 Å². The predicted octanol–water partition coefficient (Wildman–Crippen LogP) is 4.20. The number of nitriles is 1. The van der Waals surface area contributed by atoms with E-state index in [2.05, 4.69) is 34.2 Å². The summed E-state index contributed by atoms with van der Waals surface area (Å²) in [6, 6.07) is 18.2. The van der Waals surface area contributed by atoms with E-state index < -0.39 is 0 Å². The van der Waals surface area contributed by atoms with Crippen LogP contribution >= 0.6 is 15.9 Å². The smallest absolute Gasteiger partial charge is 0.174 e. The first kappa shape index (κ1) is 15.6. The Labute approximate surface area is 133 Å². The fraction of sp³-hybridized carbons (Fsp3) is 0.235. The molecule has 0 aliphatic rings. The largest absolute Gasteiger partial charge is 0.479 e. The lowest BCUT2D eigenvalue weighted by Crippen LogP contribution is -2.18. The van der Waals surface area contributed by atoms with Gasteiger partial charge in [-0.25, -0.2) is 0 Å². The van der Waals surface area contributed by atoms with Gasteiger partial charge in [-0.05, 0) is 36.2 Å². The van der Waals surface area contributed by atoms with E-state index in [0.29, 0.717) is 0 Å². The van der Waals surface area contributed by atoms with E-state index in [4.69, 9.17) is 10.00 Å². The maximum absolute atomic E-state index is 8.53. The molecule has 0 saturated carbocycles. The van der Waals surface area contributed by atoms with Gasteiger partial charge in [-0.2, -0.15) is 5.26 Å². The minimum Gasteiger partial charge on any atom is -0.479 e. The van der Waals surface area contributed by atoms with E-state index in [1.807, 2.05) is 48.5 Å². The average Bonchev–Trinajstić information content (AvgIpc) is 2.51. The Hall–Kier alpha value is -1.83. The van der Waals surface area contributed by atoms with E-state index >= 15 is 0 Å². The van der Waals surface area contributed by atoms with Crippen molar-refractivity contribution in [2.45, 2.75) is 19.5 Å². The van der Waals surface area contributed by atoms with Gasteiger partial charge >= 0.3 is 0 Å². The van der Waals surface area contributed by atoms with Crippen molar-refractivity contribution in [2.75, 3.05) is 6.61 Å². The van der Waals surface area contributed by atoms with Gasteiger partial charge in [0.25, 0.3) is 0 Å². The van der Waals surface area contributed by atoms with Gasteiger partial charge in [0.1, 0.15) is 11.8 Å². The summed E-state index contributed by atoms with van der Waals surface area (Å²) in [4.78, 5) is 0. The molecule has 1 N–H and O–H groups in total. The van der Waals surface area contributed by atoms with Gasteiger partial charge < -0.3 is 10.1 Å². The Kier molecular flexibility index (Phi) is 5.79. The molecule has 0 amide bonds. The molecular weight excluding hydrogens is 328 g/mol. The SMILES string of the molecule is C[C@H](NCc1cccc(OCC#N)c1)c1ccccc1Br. The minimum atomic E-state index is 0.0737. The van der Waals surface area contributed by atoms with Gasteiger partial charge in [0.2, 0.25) is 0 Å². The molecule has 4 heteroatoms. The molecule has 0 spiro atoms. The number of halogens is 1. The van der Waals surface area contributed by atoms with Crippen LogP contribution in [0.25, 0.3) is 0 Å². The van der Waals surface area contributed by atoms with E-state index in [1.165, 1.54) is 5.56 Å². The van der Waals surface area contributed by atoms with E-state index in [9.17, 15) is 0 Å². The first-order valence-electron chi connectivity index (χ1n) is 6.77. The lowest BCUT2D eigenvalue weighted by Gasteiger charge is -2.16. The summed E-state index contributed by atoms with van der Waals surface area (Å²) >= 11 is 3.57. The van der Waals surface area contributed by atoms with Crippen LogP contribution < -0.4 is 10.1 Å². The van der Waals surface area contributed by atoms with Crippen molar-refractivity contribution in [1.29, 1.82) is 5.26 Å². The second kappa shape index (κ2) is 7.82. The van der Waals surface area contributed by atoms with Gasteiger partial charge in [-0.1, -0.05) is 46.3 Å². The molecule has 0 aliphatic heterocycles. The van der Waals surface area contributed by atoms with E-state index in [1.54, 1.807) is 0 Å². The molecule has 108 valence electrons. The van der Waals surface area contributed by atoms with Crippen LogP contribution in [0.2, 0.25) is 0 Å². The van der Waals surface area contributed by atoms with Crippen molar-refractivity contribution in [3.05, 3.63) is 64.1 Å². The second-order valence-corrected chi connectivity index (χ2v) is 5.57. The third-order valence-corrected chi connectivity index (χ3v) is 3.91. The van der Waals surface area contributed by atoms with Crippen molar-refractivity contribution in [3.8, 4) is 11.8 Å². The number of nitrogens with one attached hydrogen (secondary N) is 1. The van der Waals surface area contributed by atoms with Crippen molar-refractivity contribution >= 4 is 15.9 Å². The normalized spacial score (nSPS) is 11.7. The topological polar surface area (TPSA) is 45.0 Å². The van der Waals surface area contributed by atoms with Crippen LogP contribution in [0.15, 0.2) is 53.0 Å². The Bertz CT molecular complexity index is 637. The Morgan fingerprint density at radius 3 is 2.81 bits per heavy atom. The third kappa shape index (κ3) is 4.59. The fourth-order valence-corrected chi connectivity index (χ4v) is 2.70. The lowest BCUT2D eigenvalue weighted by atomic mass is 10.1. The van der Waals surface area contributed by atoms with Crippen molar-refractivity contribution in [1.82, 2.24) is 5.32 Å². The van der Waals surface area contributed by atoms with Gasteiger partial charge in [0.15, 0.2) is 6.61 Å². The van der Waals surface area contributed by atoms with Crippen LogP contribution in [-0.2, 0) is 6.54 Å². The zero-order valence-corrected chi connectivity index (χ0v) is 13.4. The van der Waals surface area contributed by atoms with Crippen molar-refractivity contribution < 1.29 is 4.74 Å². The molecule has 0 saturated heterocycles. The third-order valence-electron chi connectivity index (χ3n) is 3.19. The average molecular weight is 345 g/mol. The molecule has 0 radical (unpaired) electrons. The molecule has 0 heterocycles. The molecular formula is C17H17BrN2O. The summed E-state index contributed by atoms with van der Waals surface area (Å²) in [6.07, 6.45) is 0. The first-order valence-corrected chi connectivity index (χ1v) is 7.56. The van der Waals surface area contributed by atoms with Crippen LogP contribution in [0.5, 0.6) is 5.75 Å². The number of benzene rings is 2. The predicted molar refractivity (Wildman–Crippen MR) is 86.9 cm³/mol. The summed E-state index contributed by atoms with van der Waals surface area (Å²) < 4.78 is 6.42. The van der Waals surface area contributed by atoms with Gasteiger partial charge in [-0.15, -0.1) is 0 Å². The Balaban J connectivity index is 1.97. The van der Waals surface area contributed by atoms with Crippen molar-refractivity contribution in [2.24, 2.45) is 0 Å². The molecule has 2 aromatic rings. The minimum absolute atomic E-state index is 0.0737. The molecule has 0 fully saturated rings. The van der Waals surface area contributed by atoms with Crippen LogP contribution in [-0.4, -0.2) is 6.61 Å². The number of ether oxygens (including phenoxy) is 1. The summed E-state index contributed by atoms with van der Waals surface area (Å²) in [7, 11) is 0. The highest BCUT2D eigenvalue weighted by molar-refractivity contribution is 9.10. The Morgan fingerprint density at radius 2 is 2.05 bits per heavy atom. The number of hydrogen-bond acceptors (Lipinski definition) is 3. The van der Waals surface area contributed by atoms with Gasteiger partial charge in [0.05, 0.1) is 0 Å². The van der Waals surface area contributed by atoms with Gasteiger partial charge in [-0.3, -0.25) is 0 Å². The summed E-state index contributed by atoms with van der Waals surface area (Å²) in [5.41, 5.74) is 2.36. The molecule has 0 unspecified atom stereocenters. The lowest BCUT2D eigenvalue weighted by molar-refractivity contribution is 0.367. The molecule has 0 aromatic heterocycles. The Morgan fingerprint density at radius 1 is 1.24 bits per heavy atom. The molecule has 0 bridgehead atoms. The molecule has 1 atom stereocenters. The second-order valence-electron chi connectivity index (χ2n) is 4.72. The summed E-state index contributed by atoms with van der Waals surface area (Å²) in [5.74, 6) is 0.726. The van der Waals surface area contributed by atoms with Crippen LogP contribution in [0.4, 0.5) is 0 Å². The van der Waals surface area contributed by atoms with E-state index in [0.717, 1.165) is 22.3 Å². The van der Waals surface area contributed by atoms with Crippen LogP contribution in [0, 0.1) is 11.3 Å². The highest BCUT2D eigenvalue weighted by Crippen LogP contribution is 2.23. The molecule has 21 heavy (non-hydrogen) atoms. The van der Waals surface area contributed by atoms with Gasteiger partial charge in [0, 0.05) is 17.1 Å². The number of nitrogens with zero attached hydrogens (tertiary/aromatic N) is 1. The summed E-state index contributed by atoms with van der Waals surface area (Å²) in [6.45, 7) is 2.95.